The normalized spacial score (nSPS) is 19.1. The molecule has 0 bridgehead atoms. The van der Waals surface area contributed by atoms with Gasteiger partial charge in [0.15, 0.2) is 9.92 Å². The van der Waals surface area contributed by atoms with Gasteiger partial charge in [0, 0.05) is 22.9 Å². The van der Waals surface area contributed by atoms with Crippen LogP contribution in [-0.4, -0.2) is 22.0 Å². The van der Waals surface area contributed by atoms with Gasteiger partial charge in [-0.3, -0.25) is 0 Å². The molecule has 0 saturated carbocycles. The number of alkyl halides is 2. The second-order valence-corrected chi connectivity index (χ2v) is 12.4. The van der Waals surface area contributed by atoms with Gasteiger partial charge in [-0.25, -0.2) is 14.1 Å². The predicted molar refractivity (Wildman–Crippen MR) is 126 cm³/mol. The lowest BCUT2D eigenvalue weighted by molar-refractivity contribution is -0.100. The number of aliphatic hydroxyl groups is 1. The van der Waals surface area contributed by atoms with E-state index in [0.29, 0.717) is 21.7 Å². The Morgan fingerprint density at radius 3 is 2.42 bits per heavy atom. The van der Waals surface area contributed by atoms with Gasteiger partial charge in [0.05, 0.1) is 5.60 Å². The van der Waals surface area contributed by atoms with Gasteiger partial charge in [-0.2, -0.15) is 8.78 Å². The van der Waals surface area contributed by atoms with Crippen LogP contribution in [0, 0.1) is 24.7 Å². The lowest BCUT2D eigenvalue weighted by Crippen LogP contribution is -2.33. The van der Waals surface area contributed by atoms with Gasteiger partial charge in [0.2, 0.25) is 0 Å². The molecule has 1 aromatic heterocycles. The van der Waals surface area contributed by atoms with Crippen LogP contribution in [0.2, 0.25) is 0 Å². The van der Waals surface area contributed by atoms with Gasteiger partial charge in [0.1, 0.15) is 9.97 Å². The summed E-state index contributed by atoms with van der Waals surface area (Å²) < 4.78 is 47.3. The third kappa shape index (κ3) is 6.84. The molecule has 4 N–H and O–H groups in total. The van der Waals surface area contributed by atoms with E-state index in [2.05, 4.69) is 14.4 Å². The molecule has 11 heteroatoms. The van der Waals surface area contributed by atoms with E-state index < -0.39 is 28.2 Å². The molecule has 0 radical (unpaired) electrons. The fourth-order valence-electron chi connectivity index (χ4n) is 3.76. The van der Waals surface area contributed by atoms with E-state index in [1.165, 1.54) is 6.08 Å². The smallest absolute Gasteiger partial charge is 0.387 e. The van der Waals surface area contributed by atoms with E-state index in [1.807, 2.05) is 27.7 Å². The Morgan fingerprint density at radius 2 is 1.97 bits per heavy atom. The number of hydrogen-bond donors (Lipinski definition) is 3. The van der Waals surface area contributed by atoms with Crippen LogP contribution < -0.4 is 10.5 Å². The molecule has 2 atom stereocenters. The van der Waals surface area contributed by atoms with Crippen LogP contribution in [0.15, 0.2) is 37.7 Å². The van der Waals surface area contributed by atoms with Crippen LogP contribution in [0.1, 0.15) is 58.4 Å². The topological polar surface area (TPSA) is 114 Å². The van der Waals surface area contributed by atoms with Gasteiger partial charge in [-0.05, 0) is 55.9 Å². The van der Waals surface area contributed by atoms with Crippen molar-refractivity contribution >= 4 is 27.3 Å². The van der Waals surface area contributed by atoms with Crippen LogP contribution in [0.3, 0.4) is 0 Å². The van der Waals surface area contributed by atoms with Crippen molar-refractivity contribution in [3.63, 3.8) is 0 Å². The quantitative estimate of drug-likeness (QED) is 0.460. The Hall–Kier alpha value is -1.82. The van der Waals surface area contributed by atoms with Crippen molar-refractivity contribution in [2.45, 2.75) is 71.3 Å². The molecule has 2 rings (SSSR count). The Morgan fingerprint density at radius 1 is 1.36 bits per heavy atom. The number of hydrogen-bond acceptors (Lipinski definition) is 5. The van der Waals surface area contributed by atoms with Crippen LogP contribution in [-0.2, 0) is 20.3 Å². The lowest BCUT2D eigenvalue weighted by atomic mass is 9.80. The molecule has 186 valence electrons. The van der Waals surface area contributed by atoms with Crippen molar-refractivity contribution in [2.75, 3.05) is 0 Å². The number of nitrogens with two attached hydrogens (primary N) is 1. The molecule has 0 aliphatic heterocycles. The fourth-order valence-corrected chi connectivity index (χ4v) is 6.24. The number of aryl methyl sites for hydroxylation is 1. The molecule has 0 spiro atoms. The zero-order valence-corrected chi connectivity index (χ0v) is 21.6. The molecule has 0 saturated heterocycles. The minimum absolute atomic E-state index is 0.00413. The van der Waals surface area contributed by atoms with Gasteiger partial charge >= 0.3 is 12.6 Å². The number of thiophene rings is 1. The number of halogens is 2. The van der Waals surface area contributed by atoms with Crippen LogP contribution in [0.25, 0.3) is 0 Å². The summed E-state index contributed by atoms with van der Waals surface area (Å²) in [4.78, 5) is 13.4. The first-order valence-electron chi connectivity index (χ1n) is 10.6. The minimum atomic E-state index is -3.57. The molecule has 2 amide bonds. The number of nitrogens with zero attached hydrogens (tertiary/aromatic N) is 1. The molecule has 1 heterocycles. The Kier molecular flexibility index (Phi) is 8.48. The summed E-state index contributed by atoms with van der Waals surface area (Å²) in [6.07, 6.45) is 1.70. The largest absolute Gasteiger partial charge is 0.439 e. The third-order valence-corrected chi connectivity index (χ3v) is 8.73. The predicted octanol–water partition coefficient (Wildman–Crippen LogP) is 5.40. The number of carbonyl (C=O) groups is 1. The number of rotatable bonds is 7. The standard InChI is InChI=1S/C22H33F2N3O4S2/c1-11(2)15-9-14(31-20(23)24)10-16(12(3)4)18(15)26-21(28)27-33(25,30)17-8-13(5)19(32-17)22(6,7)29/h8-9,11-12,16,20,29H,10H2,1-7H3,(H3,25,26,27,28,30). The highest BCUT2D eigenvalue weighted by Gasteiger charge is 2.31. The second kappa shape index (κ2) is 10.2. The fraction of sp³-hybridized carbons (Fsp3) is 0.591. The van der Waals surface area contributed by atoms with E-state index in [0.717, 1.165) is 11.3 Å². The van der Waals surface area contributed by atoms with Crippen molar-refractivity contribution in [2.24, 2.45) is 27.3 Å². The van der Waals surface area contributed by atoms with Gasteiger partial charge in [-0.15, -0.1) is 15.7 Å². The molecule has 33 heavy (non-hydrogen) atoms. The van der Waals surface area contributed by atoms with E-state index in [9.17, 15) is 22.9 Å². The number of nitrogens with one attached hydrogen (secondary N) is 1. The molecule has 0 fully saturated rings. The summed E-state index contributed by atoms with van der Waals surface area (Å²) in [5, 5.41) is 18.9. The molecule has 0 aromatic carbocycles. The summed E-state index contributed by atoms with van der Waals surface area (Å²) in [6, 6.07) is 0.674. The summed E-state index contributed by atoms with van der Waals surface area (Å²) in [6.45, 7) is 9.59. The van der Waals surface area contributed by atoms with Gasteiger partial charge in [0.25, 0.3) is 0 Å². The van der Waals surface area contributed by atoms with E-state index in [1.54, 1.807) is 26.8 Å². The molecular weight excluding hydrogens is 472 g/mol. The molecule has 2 unspecified atom stereocenters. The second-order valence-electron chi connectivity index (χ2n) is 9.29. The molecule has 1 aromatic rings. The summed E-state index contributed by atoms with van der Waals surface area (Å²) in [5.41, 5.74) is 0.715. The average Bonchev–Trinajstić information content (AvgIpc) is 3.04. The first-order valence-corrected chi connectivity index (χ1v) is 13.0. The SMILES string of the molecule is Cc1cc(S(N)(=O)=NC(=O)NC2=C(C(C)C)C=C(OC(F)F)CC2C(C)C)sc1C(C)(C)O. The Bertz CT molecular complexity index is 1080. The Labute approximate surface area is 198 Å². The van der Waals surface area contributed by atoms with Crippen molar-refractivity contribution < 1.29 is 27.6 Å². The van der Waals surface area contributed by atoms with Crippen LogP contribution >= 0.6 is 11.3 Å². The summed E-state index contributed by atoms with van der Waals surface area (Å²) in [5.74, 6) is -0.261. The maximum atomic E-state index is 13.1. The summed E-state index contributed by atoms with van der Waals surface area (Å²) >= 11 is 1.04. The number of amides is 2. The molecule has 1 aliphatic carbocycles. The van der Waals surface area contributed by atoms with E-state index in [-0.39, 0.29) is 34.1 Å². The lowest BCUT2D eigenvalue weighted by Gasteiger charge is -2.32. The van der Waals surface area contributed by atoms with Crippen LogP contribution in [0.5, 0.6) is 0 Å². The van der Waals surface area contributed by atoms with E-state index in [4.69, 9.17) is 5.14 Å². The van der Waals surface area contributed by atoms with Crippen molar-refractivity contribution in [3.05, 3.63) is 39.6 Å². The van der Waals surface area contributed by atoms with Gasteiger partial charge < -0.3 is 15.2 Å². The Balaban J connectivity index is 2.45. The summed E-state index contributed by atoms with van der Waals surface area (Å²) in [7, 11) is -3.57. The number of ether oxygens (including phenoxy) is 1. The number of carbonyl (C=O) groups excluding carboxylic acids is 1. The van der Waals surface area contributed by atoms with Crippen molar-refractivity contribution in [1.29, 1.82) is 0 Å². The van der Waals surface area contributed by atoms with E-state index >= 15 is 0 Å². The first kappa shape index (κ1) is 27.4. The van der Waals surface area contributed by atoms with Crippen molar-refractivity contribution in [3.8, 4) is 0 Å². The molecule has 1 aliphatic rings. The highest BCUT2D eigenvalue weighted by Crippen LogP contribution is 2.37. The zero-order valence-electron chi connectivity index (χ0n) is 19.9. The molecule has 7 nitrogen and oxygen atoms in total. The minimum Gasteiger partial charge on any atom is -0.439 e. The molecular formula is C22H33F2N3O4S2. The highest BCUT2D eigenvalue weighted by molar-refractivity contribution is 7.93. The maximum absolute atomic E-state index is 13.1. The monoisotopic (exact) mass is 505 g/mol. The zero-order chi connectivity index (χ0) is 25.3. The van der Waals surface area contributed by atoms with Crippen molar-refractivity contribution in [1.82, 2.24) is 5.32 Å². The van der Waals surface area contributed by atoms with Crippen LogP contribution in [0.4, 0.5) is 13.6 Å². The third-order valence-electron chi connectivity index (χ3n) is 5.29. The highest BCUT2D eigenvalue weighted by atomic mass is 32.2. The van der Waals surface area contributed by atoms with Gasteiger partial charge in [-0.1, -0.05) is 27.7 Å². The number of urea groups is 1. The number of allylic oxidation sites excluding steroid dienone is 4. The average molecular weight is 506 g/mol. The maximum Gasteiger partial charge on any atom is 0.387 e. The first-order chi connectivity index (χ1) is 15.0.